The van der Waals surface area contributed by atoms with Crippen LogP contribution < -0.4 is 5.32 Å². The molecule has 0 bridgehead atoms. The van der Waals surface area contributed by atoms with Gasteiger partial charge >= 0.3 is 0 Å². The van der Waals surface area contributed by atoms with E-state index in [0.717, 1.165) is 51.4 Å². The van der Waals surface area contributed by atoms with Crippen LogP contribution in [0.5, 0.6) is 0 Å². The first-order valence-electron chi connectivity index (χ1n) is 14.9. The molecule has 0 aliphatic rings. The first kappa shape index (κ1) is 34.4. The maximum atomic E-state index is 12.2. The van der Waals surface area contributed by atoms with Gasteiger partial charge in [-0.3, -0.25) is 4.79 Å². The van der Waals surface area contributed by atoms with E-state index < -0.39 is 12.1 Å². The van der Waals surface area contributed by atoms with E-state index in [1.807, 2.05) is 6.08 Å². The third-order valence-corrected chi connectivity index (χ3v) is 6.28. The average molecular weight is 504 g/mol. The fraction of sp³-hybridized carbons (Fsp3) is 0.719. The van der Waals surface area contributed by atoms with E-state index in [1.54, 1.807) is 6.08 Å². The molecule has 0 fully saturated rings. The molecule has 4 nitrogen and oxygen atoms in total. The average Bonchev–Trinajstić information content (AvgIpc) is 2.88. The summed E-state index contributed by atoms with van der Waals surface area (Å²) < 4.78 is 0. The smallest absolute Gasteiger partial charge is 0.220 e. The topological polar surface area (TPSA) is 69.6 Å². The molecule has 208 valence electrons. The zero-order chi connectivity index (χ0) is 26.5. The Balaban J connectivity index is 3.79. The van der Waals surface area contributed by atoms with Crippen molar-refractivity contribution in [1.82, 2.24) is 5.32 Å². The number of aliphatic hydroxyl groups is 2. The van der Waals surface area contributed by atoms with Crippen molar-refractivity contribution in [2.24, 2.45) is 0 Å². The molecule has 0 spiro atoms. The number of carbonyl (C=O) groups excluding carboxylic acids is 1. The fourth-order valence-electron chi connectivity index (χ4n) is 3.91. The highest BCUT2D eigenvalue weighted by atomic mass is 16.3. The number of hydrogen-bond donors (Lipinski definition) is 3. The van der Waals surface area contributed by atoms with E-state index in [0.29, 0.717) is 6.42 Å². The van der Waals surface area contributed by atoms with Gasteiger partial charge in [-0.2, -0.15) is 0 Å². The van der Waals surface area contributed by atoms with Gasteiger partial charge in [0.25, 0.3) is 0 Å². The lowest BCUT2D eigenvalue weighted by molar-refractivity contribution is -0.123. The monoisotopic (exact) mass is 503 g/mol. The fourth-order valence-corrected chi connectivity index (χ4v) is 3.91. The zero-order valence-corrected chi connectivity index (χ0v) is 23.5. The van der Waals surface area contributed by atoms with Gasteiger partial charge in [0.2, 0.25) is 5.91 Å². The molecule has 2 atom stereocenters. The van der Waals surface area contributed by atoms with Gasteiger partial charge in [0.15, 0.2) is 0 Å². The molecule has 36 heavy (non-hydrogen) atoms. The summed E-state index contributed by atoms with van der Waals surface area (Å²) in [5.41, 5.74) is 0. The molecule has 0 aliphatic carbocycles. The Morgan fingerprint density at radius 1 is 0.667 bits per heavy atom. The summed E-state index contributed by atoms with van der Waals surface area (Å²) in [6.45, 7) is 4.18. The maximum Gasteiger partial charge on any atom is 0.220 e. The van der Waals surface area contributed by atoms with Crippen molar-refractivity contribution in [1.29, 1.82) is 0 Å². The van der Waals surface area contributed by atoms with Gasteiger partial charge in [-0.25, -0.2) is 0 Å². The molecule has 2 unspecified atom stereocenters. The quantitative estimate of drug-likeness (QED) is 0.0870. The highest BCUT2D eigenvalue weighted by Gasteiger charge is 2.17. The van der Waals surface area contributed by atoms with Crippen molar-refractivity contribution in [2.45, 2.75) is 142 Å². The van der Waals surface area contributed by atoms with Crippen LogP contribution in [-0.2, 0) is 4.79 Å². The van der Waals surface area contributed by atoms with Crippen LogP contribution in [0.1, 0.15) is 129 Å². The van der Waals surface area contributed by atoms with Crippen LogP contribution in [0.3, 0.4) is 0 Å². The molecule has 0 saturated heterocycles. The van der Waals surface area contributed by atoms with Crippen molar-refractivity contribution < 1.29 is 15.0 Å². The highest BCUT2D eigenvalue weighted by Crippen LogP contribution is 2.09. The number of amides is 1. The minimum atomic E-state index is -0.864. The van der Waals surface area contributed by atoms with E-state index in [1.165, 1.54) is 57.8 Å². The van der Waals surface area contributed by atoms with E-state index in [9.17, 15) is 15.0 Å². The second kappa shape index (κ2) is 27.9. The predicted molar refractivity (Wildman–Crippen MR) is 156 cm³/mol. The van der Waals surface area contributed by atoms with Crippen LogP contribution in [0.25, 0.3) is 0 Å². The molecule has 0 aromatic heterocycles. The van der Waals surface area contributed by atoms with Gasteiger partial charge in [0.05, 0.1) is 18.8 Å². The number of rotatable bonds is 25. The molecule has 0 aliphatic heterocycles. The Labute approximate surface area is 223 Å². The molecule has 0 radical (unpaired) electrons. The first-order chi connectivity index (χ1) is 17.7. The summed E-state index contributed by atoms with van der Waals surface area (Å²) in [7, 11) is 0. The SMILES string of the molecule is CCCC/C=C\C/C=C\CCCCCCCC(=O)NC(CO)C(O)/C=C/CC/C=C/CCCCCC. The number of aliphatic hydroxyl groups excluding tert-OH is 2. The molecule has 0 aromatic rings. The Kier molecular flexibility index (Phi) is 26.6. The minimum Gasteiger partial charge on any atom is -0.394 e. The van der Waals surface area contributed by atoms with Crippen LogP contribution >= 0.6 is 0 Å². The largest absolute Gasteiger partial charge is 0.394 e. The summed E-state index contributed by atoms with van der Waals surface area (Å²) >= 11 is 0. The summed E-state index contributed by atoms with van der Waals surface area (Å²) in [5.74, 6) is -0.0950. The van der Waals surface area contributed by atoms with Crippen molar-refractivity contribution in [3.8, 4) is 0 Å². The van der Waals surface area contributed by atoms with Gasteiger partial charge < -0.3 is 15.5 Å². The third kappa shape index (κ3) is 24.1. The van der Waals surface area contributed by atoms with Crippen molar-refractivity contribution in [3.63, 3.8) is 0 Å². The highest BCUT2D eigenvalue weighted by molar-refractivity contribution is 5.76. The maximum absolute atomic E-state index is 12.2. The Morgan fingerprint density at radius 3 is 1.86 bits per heavy atom. The third-order valence-electron chi connectivity index (χ3n) is 6.28. The lowest BCUT2D eigenvalue weighted by atomic mass is 10.1. The second-order valence-electron chi connectivity index (χ2n) is 9.80. The molecule has 0 saturated carbocycles. The standard InChI is InChI=1S/C32H57NO3/c1-3-5-7-9-11-13-15-16-17-18-20-22-24-26-28-32(36)33-30(29-34)31(35)27-25-23-21-19-14-12-10-8-6-4-2/h9,11,14-16,19,25,27,30-31,34-35H,3-8,10,12-13,17-18,20-24,26,28-29H2,1-2H3,(H,33,36)/b11-9-,16-15-,19-14+,27-25+. The van der Waals surface area contributed by atoms with Gasteiger partial charge in [-0.05, 0) is 57.8 Å². The first-order valence-corrected chi connectivity index (χ1v) is 14.9. The van der Waals surface area contributed by atoms with Crippen LogP contribution in [0.4, 0.5) is 0 Å². The van der Waals surface area contributed by atoms with E-state index in [4.69, 9.17) is 0 Å². The summed E-state index contributed by atoms with van der Waals surface area (Å²) in [6.07, 6.45) is 36.1. The lowest BCUT2D eigenvalue weighted by Crippen LogP contribution is -2.45. The number of nitrogens with one attached hydrogen (secondary N) is 1. The molecule has 1 amide bonds. The Bertz CT molecular complexity index is 594. The predicted octanol–water partition coefficient (Wildman–Crippen LogP) is 8.11. The second-order valence-corrected chi connectivity index (χ2v) is 9.80. The van der Waals surface area contributed by atoms with Gasteiger partial charge in [-0.15, -0.1) is 0 Å². The minimum absolute atomic E-state index is 0.0950. The Morgan fingerprint density at radius 2 is 1.19 bits per heavy atom. The van der Waals surface area contributed by atoms with Crippen molar-refractivity contribution >= 4 is 5.91 Å². The van der Waals surface area contributed by atoms with Crippen LogP contribution in [0, 0.1) is 0 Å². The van der Waals surface area contributed by atoms with Crippen LogP contribution in [0.2, 0.25) is 0 Å². The summed E-state index contributed by atoms with van der Waals surface area (Å²) in [6, 6.07) is -0.642. The van der Waals surface area contributed by atoms with Crippen molar-refractivity contribution in [2.75, 3.05) is 6.61 Å². The summed E-state index contributed by atoms with van der Waals surface area (Å²) in [4.78, 5) is 12.2. The number of carbonyl (C=O) groups is 1. The van der Waals surface area contributed by atoms with Gasteiger partial charge in [0, 0.05) is 6.42 Å². The molecule has 0 aromatic carbocycles. The molecule has 0 heterocycles. The molecule has 4 heteroatoms. The van der Waals surface area contributed by atoms with Crippen LogP contribution in [0.15, 0.2) is 48.6 Å². The Hall–Kier alpha value is -1.65. The number of allylic oxidation sites excluding steroid dienone is 7. The molecule has 0 rings (SSSR count). The summed E-state index contributed by atoms with van der Waals surface area (Å²) in [5, 5.41) is 22.6. The molecular weight excluding hydrogens is 446 g/mol. The zero-order valence-electron chi connectivity index (χ0n) is 23.5. The van der Waals surface area contributed by atoms with Gasteiger partial charge in [0.1, 0.15) is 0 Å². The van der Waals surface area contributed by atoms with Gasteiger partial charge in [-0.1, -0.05) is 114 Å². The van der Waals surface area contributed by atoms with E-state index >= 15 is 0 Å². The normalized spacial score (nSPS) is 14.0. The molecule has 3 N–H and O–H groups in total. The number of unbranched alkanes of at least 4 members (excludes halogenated alkanes) is 12. The van der Waals surface area contributed by atoms with E-state index in [-0.39, 0.29) is 12.5 Å². The van der Waals surface area contributed by atoms with Crippen molar-refractivity contribution in [3.05, 3.63) is 48.6 Å². The van der Waals surface area contributed by atoms with E-state index in [2.05, 4.69) is 55.6 Å². The lowest BCUT2D eigenvalue weighted by Gasteiger charge is -2.19. The number of hydrogen-bond acceptors (Lipinski definition) is 3. The van der Waals surface area contributed by atoms with Crippen LogP contribution in [-0.4, -0.2) is 34.9 Å². The molecular formula is C32H57NO3.